The lowest BCUT2D eigenvalue weighted by atomic mass is 9.55. The third-order valence-electron chi connectivity index (χ3n) is 10.5. The van der Waals surface area contributed by atoms with Gasteiger partial charge in [-0.3, -0.25) is 14.4 Å². The highest BCUT2D eigenvalue weighted by atomic mass is 16.6. The van der Waals surface area contributed by atoms with Crippen LogP contribution in [0.5, 0.6) is 5.75 Å². The van der Waals surface area contributed by atoms with Gasteiger partial charge < -0.3 is 23.7 Å². The molecule has 0 bridgehead atoms. The monoisotopic (exact) mass is 646 g/mol. The zero-order valence-corrected chi connectivity index (χ0v) is 28.8. The zero-order valence-electron chi connectivity index (χ0n) is 28.8. The molecule has 1 aliphatic carbocycles. The molecule has 3 aliphatic rings. The summed E-state index contributed by atoms with van der Waals surface area (Å²) in [7, 11) is 1.72. The Morgan fingerprint density at radius 3 is 2.45 bits per heavy atom. The Kier molecular flexibility index (Phi) is 10.6. The number of Topliss-reactive ketones (excluding diaryl/α,β-unsaturated/α-hetero) is 1. The second-order valence-corrected chi connectivity index (χ2v) is 14.4. The molecule has 1 spiro atoms. The number of esters is 2. The van der Waals surface area contributed by atoms with Gasteiger partial charge in [0, 0.05) is 18.9 Å². The van der Waals surface area contributed by atoms with Gasteiger partial charge in [0.1, 0.15) is 36.1 Å². The topological polar surface area (TPSA) is 97.4 Å². The number of methoxy groups -OCH3 is 1. The molecular formula is C39H50O8. The minimum absolute atomic E-state index is 0.0180. The van der Waals surface area contributed by atoms with Crippen LogP contribution in [0.3, 0.4) is 0 Å². The molecule has 2 fully saturated rings. The lowest BCUT2D eigenvalue weighted by Crippen LogP contribution is -2.65. The predicted octanol–water partition coefficient (Wildman–Crippen LogP) is 7.20. The number of cyclic esters (lactones) is 1. The fourth-order valence-corrected chi connectivity index (χ4v) is 7.72. The van der Waals surface area contributed by atoms with Crippen LogP contribution in [-0.4, -0.2) is 48.7 Å². The maximum atomic E-state index is 13.9. The van der Waals surface area contributed by atoms with Crippen molar-refractivity contribution in [3.8, 4) is 5.75 Å². The summed E-state index contributed by atoms with van der Waals surface area (Å²) in [5.74, 6) is -1.79. The van der Waals surface area contributed by atoms with Crippen LogP contribution in [0.1, 0.15) is 84.5 Å². The van der Waals surface area contributed by atoms with Gasteiger partial charge in [0.15, 0.2) is 5.78 Å². The molecule has 2 heterocycles. The smallest absolute Gasteiger partial charge is 0.320 e. The highest BCUT2D eigenvalue weighted by Gasteiger charge is 2.63. The van der Waals surface area contributed by atoms with Gasteiger partial charge in [-0.25, -0.2) is 0 Å². The van der Waals surface area contributed by atoms with Gasteiger partial charge in [-0.05, 0) is 60.8 Å². The maximum Gasteiger partial charge on any atom is 0.320 e. The van der Waals surface area contributed by atoms with Crippen LogP contribution in [0, 0.1) is 29.1 Å². The van der Waals surface area contributed by atoms with Crippen LogP contribution in [0.2, 0.25) is 0 Å². The Morgan fingerprint density at radius 2 is 1.77 bits per heavy atom. The Morgan fingerprint density at radius 1 is 1.02 bits per heavy atom. The highest BCUT2D eigenvalue weighted by molar-refractivity contribution is 6.03. The third-order valence-corrected chi connectivity index (χ3v) is 10.5. The van der Waals surface area contributed by atoms with Gasteiger partial charge in [0.2, 0.25) is 0 Å². The van der Waals surface area contributed by atoms with E-state index in [9.17, 15) is 14.4 Å². The minimum Gasteiger partial charge on any atom is -0.489 e. The number of carbonyl (C=O) groups is 3. The molecule has 0 amide bonds. The second-order valence-electron chi connectivity index (χ2n) is 14.4. The molecule has 2 aromatic carbocycles. The van der Waals surface area contributed by atoms with Crippen molar-refractivity contribution < 1.29 is 38.1 Å². The van der Waals surface area contributed by atoms with Crippen LogP contribution in [0.4, 0.5) is 0 Å². The first-order chi connectivity index (χ1) is 22.3. The van der Waals surface area contributed by atoms with E-state index in [1.807, 2.05) is 61.5 Å². The zero-order chi connectivity index (χ0) is 33.9. The molecule has 2 aliphatic heterocycles. The number of benzene rings is 2. The van der Waals surface area contributed by atoms with E-state index in [2.05, 4.69) is 39.8 Å². The van der Waals surface area contributed by atoms with E-state index >= 15 is 0 Å². The number of rotatable bonds is 11. The average Bonchev–Trinajstić information content (AvgIpc) is 3.36. The predicted molar refractivity (Wildman–Crippen MR) is 177 cm³/mol. The Balaban J connectivity index is 1.31. The van der Waals surface area contributed by atoms with Gasteiger partial charge in [-0.1, -0.05) is 89.2 Å². The summed E-state index contributed by atoms with van der Waals surface area (Å²) in [6.07, 6.45) is 4.47. The summed E-state index contributed by atoms with van der Waals surface area (Å²) in [4.78, 5) is 39.6. The fraction of sp³-hybridized carbons (Fsp3) is 0.564. The van der Waals surface area contributed by atoms with Crippen LogP contribution >= 0.6 is 0 Å². The van der Waals surface area contributed by atoms with E-state index in [0.717, 1.165) is 29.7 Å². The number of hydrogen-bond donors (Lipinski definition) is 0. The number of ketones is 1. The van der Waals surface area contributed by atoms with Crippen molar-refractivity contribution in [2.75, 3.05) is 7.11 Å². The third kappa shape index (κ3) is 7.34. The normalized spacial score (nSPS) is 31.3. The van der Waals surface area contributed by atoms with Crippen molar-refractivity contribution in [2.24, 2.45) is 29.1 Å². The van der Waals surface area contributed by atoms with Crippen LogP contribution in [0.25, 0.3) is 0 Å². The van der Waals surface area contributed by atoms with E-state index in [4.69, 9.17) is 23.7 Å². The van der Waals surface area contributed by atoms with Crippen molar-refractivity contribution in [2.45, 2.75) is 104 Å². The molecule has 8 nitrogen and oxygen atoms in total. The first-order valence-corrected chi connectivity index (χ1v) is 17.0. The van der Waals surface area contributed by atoms with Gasteiger partial charge in [0.25, 0.3) is 0 Å². The Labute approximate surface area is 279 Å². The summed E-state index contributed by atoms with van der Waals surface area (Å²) in [6, 6.07) is 18.1. The SMILES string of the molecule is CO[C@@H](CC[C@H](C)[C@H]1O[C@@]2(C=C[C@@H]1C)[C@@H](C(=O)O[C@@H]1CC(=O)O[C@@H]1C)C(=O)[C@@H](C)CC2(C)C)c1cccc(OCc2ccccc2)c1. The van der Waals surface area contributed by atoms with Crippen LogP contribution in [-0.2, 0) is 39.9 Å². The molecule has 47 heavy (non-hydrogen) atoms. The Hall–Kier alpha value is -3.49. The summed E-state index contributed by atoms with van der Waals surface area (Å²) >= 11 is 0. The van der Waals surface area contributed by atoms with Crippen LogP contribution < -0.4 is 4.74 Å². The van der Waals surface area contributed by atoms with Gasteiger partial charge in [0.05, 0.1) is 18.6 Å². The van der Waals surface area contributed by atoms with E-state index in [1.165, 1.54) is 0 Å². The largest absolute Gasteiger partial charge is 0.489 e. The molecule has 5 rings (SSSR count). The summed E-state index contributed by atoms with van der Waals surface area (Å²) < 4.78 is 30.2. The van der Waals surface area contributed by atoms with Gasteiger partial charge >= 0.3 is 11.9 Å². The van der Waals surface area contributed by atoms with E-state index in [0.29, 0.717) is 13.0 Å². The summed E-state index contributed by atoms with van der Waals surface area (Å²) in [6.45, 7) is 12.5. The number of ether oxygens (including phenoxy) is 5. The summed E-state index contributed by atoms with van der Waals surface area (Å²) in [5.41, 5.74) is 0.422. The fourth-order valence-electron chi connectivity index (χ4n) is 7.72. The van der Waals surface area contributed by atoms with E-state index in [1.54, 1.807) is 14.0 Å². The lowest BCUT2D eigenvalue weighted by Gasteiger charge is -2.56. The van der Waals surface area contributed by atoms with Crippen molar-refractivity contribution in [3.63, 3.8) is 0 Å². The maximum absolute atomic E-state index is 13.9. The molecular weight excluding hydrogens is 596 g/mol. The molecule has 0 aromatic heterocycles. The molecule has 0 N–H and O–H groups in total. The number of hydrogen-bond acceptors (Lipinski definition) is 8. The highest BCUT2D eigenvalue weighted by Crippen LogP contribution is 2.54. The van der Waals surface area contributed by atoms with Gasteiger partial charge in [-0.2, -0.15) is 0 Å². The van der Waals surface area contributed by atoms with Crippen molar-refractivity contribution in [1.29, 1.82) is 0 Å². The molecule has 254 valence electrons. The lowest BCUT2D eigenvalue weighted by molar-refractivity contribution is -0.218. The van der Waals surface area contributed by atoms with E-state index < -0.39 is 41.1 Å². The first kappa shape index (κ1) is 34.8. The number of carbonyl (C=O) groups excluding carboxylic acids is 3. The van der Waals surface area contributed by atoms with Crippen molar-refractivity contribution >= 4 is 17.7 Å². The molecule has 8 heteroatoms. The molecule has 1 saturated heterocycles. The van der Waals surface area contributed by atoms with Crippen LogP contribution in [0.15, 0.2) is 66.7 Å². The second kappa shape index (κ2) is 14.3. The van der Waals surface area contributed by atoms with Crippen molar-refractivity contribution in [3.05, 3.63) is 77.9 Å². The van der Waals surface area contributed by atoms with Gasteiger partial charge in [-0.15, -0.1) is 0 Å². The minimum atomic E-state index is -1.18. The summed E-state index contributed by atoms with van der Waals surface area (Å²) in [5, 5.41) is 0. The first-order valence-electron chi connectivity index (χ1n) is 17.0. The average molecular weight is 647 g/mol. The molecule has 2 aromatic rings. The standard InChI is InChI=1S/C39H50O8/c1-24(16-17-31(43-7)29-14-11-15-30(20-29)44-23-28-12-9-8-10-13-28)36-25(2)18-19-39(47-36)34(35(41)26(3)22-38(39,5)6)37(42)46-32-21-33(40)45-27(32)4/h8-15,18-20,24-27,31-32,34,36H,16-17,21-23H2,1-7H3/t24-,25-,26-,27+,31-,32+,34+,36+,39-/m0/s1. The molecule has 9 atom stereocenters. The Bertz CT molecular complexity index is 1450. The van der Waals surface area contributed by atoms with Crippen molar-refractivity contribution in [1.82, 2.24) is 0 Å². The quantitative estimate of drug-likeness (QED) is 0.144. The molecule has 0 radical (unpaired) electrons. The molecule has 0 unspecified atom stereocenters. The van der Waals surface area contributed by atoms with E-state index in [-0.39, 0.29) is 42.2 Å². The molecule has 1 saturated carbocycles.